The van der Waals surface area contributed by atoms with Crippen LogP contribution in [0.2, 0.25) is 10.0 Å². The Balaban J connectivity index is 1.58. The topological polar surface area (TPSA) is 81.4 Å². The molecular weight excluding hydrogens is 355 g/mol. The number of hydrogen-bond acceptors (Lipinski definition) is 5. The van der Waals surface area contributed by atoms with Crippen molar-refractivity contribution in [3.05, 3.63) is 58.4 Å². The van der Waals surface area contributed by atoms with Gasteiger partial charge in [0.25, 0.3) is 5.91 Å². The van der Waals surface area contributed by atoms with Crippen LogP contribution in [0.15, 0.2) is 47.2 Å². The third kappa shape index (κ3) is 3.67. The van der Waals surface area contributed by atoms with Crippen molar-refractivity contribution in [1.29, 1.82) is 0 Å². The molecule has 0 radical (unpaired) electrons. The largest absolute Gasteiger partial charge is 0.452 e. The molecule has 1 heterocycles. The maximum absolute atomic E-state index is 12.0. The molecule has 3 rings (SSSR count). The molecule has 0 aliphatic carbocycles. The third-order valence-electron chi connectivity index (χ3n) is 3.10. The van der Waals surface area contributed by atoms with Crippen LogP contribution in [0.5, 0.6) is 0 Å². The van der Waals surface area contributed by atoms with Gasteiger partial charge in [0, 0.05) is 5.69 Å². The lowest BCUT2D eigenvalue weighted by atomic mass is 10.2. The Bertz CT molecular complexity index is 923. The summed E-state index contributed by atoms with van der Waals surface area (Å²) < 4.78 is 10.1. The second kappa shape index (κ2) is 6.90. The molecule has 0 unspecified atom stereocenters. The van der Waals surface area contributed by atoms with Gasteiger partial charge in [0.15, 0.2) is 18.6 Å². The van der Waals surface area contributed by atoms with Gasteiger partial charge >= 0.3 is 5.97 Å². The minimum absolute atomic E-state index is 0.265. The van der Waals surface area contributed by atoms with Crippen LogP contribution in [0.1, 0.15) is 10.4 Å². The Morgan fingerprint density at radius 2 is 1.96 bits per heavy atom. The summed E-state index contributed by atoms with van der Waals surface area (Å²) in [6.07, 6.45) is 1.28. The Morgan fingerprint density at radius 3 is 2.75 bits per heavy atom. The van der Waals surface area contributed by atoms with Crippen LogP contribution in [0, 0.1) is 0 Å². The number of benzene rings is 2. The molecule has 0 saturated heterocycles. The van der Waals surface area contributed by atoms with E-state index in [2.05, 4.69) is 10.3 Å². The fourth-order valence-corrected chi connectivity index (χ4v) is 2.27. The number of ether oxygens (including phenoxy) is 1. The second-order valence-corrected chi connectivity index (χ2v) is 5.60. The van der Waals surface area contributed by atoms with Crippen molar-refractivity contribution in [2.45, 2.75) is 0 Å². The first-order valence-corrected chi connectivity index (χ1v) is 7.54. The monoisotopic (exact) mass is 364 g/mol. The number of rotatable bonds is 4. The number of nitrogens with zero attached hydrogens (tertiary/aromatic N) is 1. The molecule has 0 aliphatic rings. The molecule has 0 saturated carbocycles. The van der Waals surface area contributed by atoms with Crippen molar-refractivity contribution < 1.29 is 18.7 Å². The van der Waals surface area contributed by atoms with Crippen LogP contribution in [-0.4, -0.2) is 23.5 Å². The van der Waals surface area contributed by atoms with Crippen molar-refractivity contribution in [1.82, 2.24) is 4.98 Å². The summed E-state index contributed by atoms with van der Waals surface area (Å²) in [5.41, 5.74) is 1.81. The van der Waals surface area contributed by atoms with E-state index in [9.17, 15) is 9.59 Å². The number of anilines is 1. The summed E-state index contributed by atoms with van der Waals surface area (Å²) >= 11 is 11.7. The lowest BCUT2D eigenvalue weighted by molar-refractivity contribution is -0.119. The van der Waals surface area contributed by atoms with Crippen molar-refractivity contribution in [2.24, 2.45) is 0 Å². The normalized spacial score (nSPS) is 10.6. The zero-order valence-electron chi connectivity index (χ0n) is 12.1. The Kier molecular flexibility index (Phi) is 4.69. The van der Waals surface area contributed by atoms with Gasteiger partial charge in [-0.2, -0.15) is 0 Å². The number of fused-ring (bicyclic) bond motifs is 1. The number of esters is 1. The molecule has 0 bridgehead atoms. The zero-order valence-corrected chi connectivity index (χ0v) is 13.6. The first-order valence-electron chi connectivity index (χ1n) is 6.78. The van der Waals surface area contributed by atoms with Crippen LogP contribution in [-0.2, 0) is 9.53 Å². The molecule has 0 aliphatic heterocycles. The van der Waals surface area contributed by atoms with Crippen LogP contribution >= 0.6 is 23.2 Å². The van der Waals surface area contributed by atoms with Gasteiger partial charge in [-0.1, -0.05) is 23.2 Å². The maximum Gasteiger partial charge on any atom is 0.338 e. The molecule has 1 amide bonds. The minimum atomic E-state index is -0.641. The Labute approximate surface area is 146 Å². The second-order valence-electron chi connectivity index (χ2n) is 4.79. The van der Waals surface area contributed by atoms with Crippen LogP contribution in [0.25, 0.3) is 11.1 Å². The highest BCUT2D eigenvalue weighted by atomic mass is 35.5. The van der Waals surface area contributed by atoms with Gasteiger partial charge in [-0.3, -0.25) is 4.79 Å². The van der Waals surface area contributed by atoms with E-state index in [1.165, 1.54) is 18.5 Å². The van der Waals surface area contributed by atoms with E-state index in [0.717, 1.165) is 0 Å². The van der Waals surface area contributed by atoms with E-state index in [0.29, 0.717) is 26.8 Å². The van der Waals surface area contributed by atoms with Gasteiger partial charge in [0.1, 0.15) is 5.52 Å². The van der Waals surface area contributed by atoms with E-state index >= 15 is 0 Å². The summed E-state index contributed by atoms with van der Waals surface area (Å²) in [6.45, 7) is -0.437. The smallest absolute Gasteiger partial charge is 0.338 e. The van der Waals surface area contributed by atoms with Crippen molar-refractivity contribution >= 4 is 51.9 Å². The van der Waals surface area contributed by atoms with Crippen molar-refractivity contribution in [3.8, 4) is 0 Å². The lowest BCUT2D eigenvalue weighted by Gasteiger charge is -2.07. The average molecular weight is 365 g/mol. The minimum Gasteiger partial charge on any atom is -0.452 e. The number of carbonyl (C=O) groups is 2. The molecular formula is C16H10Cl2N2O4. The molecule has 1 N–H and O–H groups in total. The van der Waals surface area contributed by atoms with Crippen LogP contribution < -0.4 is 5.32 Å². The fraction of sp³-hybridized carbons (Fsp3) is 0.0625. The van der Waals surface area contributed by atoms with Crippen molar-refractivity contribution in [2.75, 3.05) is 11.9 Å². The number of oxazole rings is 1. The van der Waals surface area contributed by atoms with Gasteiger partial charge in [-0.05, 0) is 36.4 Å². The summed E-state index contributed by atoms with van der Waals surface area (Å²) in [6, 6.07) is 9.32. The average Bonchev–Trinajstić information content (AvgIpc) is 3.03. The van der Waals surface area contributed by atoms with Gasteiger partial charge < -0.3 is 14.5 Å². The third-order valence-corrected chi connectivity index (χ3v) is 3.84. The lowest BCUT2D eigenvalue weighted by Crippen LogP contribution is -2.20. The molecule has 122 valence electrons. The van der Waals surface area contributed by atoms with E-state index in [4.69, 9.17) is 32.4 Å². The molecule has 6 nitrogen and oxygen atoms in total. The van der Waals surface area contributed by atoms with Crippen molar-refractivity contribution in [3.63, 3.8) is 0 Å². The molecule has 24 heavy (non-hydrogen) atoms. The zero-order chi connectivity index (χ0) is 17.1. The summed E-state index contributed by atoms with van der Waals surface area (Å²) in [4.78, 5) is 27.7. The molecule has 8 heteroatoms. The van der Waals surface area contributed by atoms with Crippen LogP contribution in [0.3, 0.4) is 0 Å². The Morgan fingerprint density at radius 1 is 1.12 bits per heavy atom. The van der Waals surface area contributed by atoms with Gasteiger partial charge in [0.05, 0.1) is 15.6 Å². The Hall–Kier alpha value is -2.57. The first kappa shape index (κ1) is 16.3. The molecule has 2 aromatic carbocycles. The first-order chi connectivity index (χ1) is 11.5. The fourth-order valence-electron chi connectivity index (χ4n) is 1.97. The predicted molar refractivity (Wildman–Crippen MR) is 89.4 cm³/mol. The van der Waals surface area contributed by atoms with Gasteiger partial charge in [-0.25, -0.2) is 9.78 Å². The maximum atomic E-state index is 12.0. The molecule has 0 fully saturated rings. The number of aromatic nitrogens is 1. The van der Waals surface area contributed by atoms with Crippen LogP contribution in [0.4, 0.5) is 5.69 Å². The number of amides is 1. The highest BCUT2D eigenvalue weighted by molar-refractivity contribution is 6.42. The molecule has 1 aromatic heterocycles. The number of carbonyl (C=O) groups excluding carboxylic acids is 2. The summed E-state index contributed by atoms with van der Waals surface area (Å²) in [5.74, 6) is -1.14. The molecule has 0 spiro atoms. The number of hydrogen-bond donors (Lipinski definition) is 1. The van der Waals surface area contributed by atoms with Gasteiger partial charge in [0.2, 0.25) is 0 Å². The van der Waals surface area contributed by atoms with Gasteiger partial charge in [-0.15, -0.1) is 0 Å². The standard InChI is InChI=1S/C16H10Cl2N2O4/c17-11-3-2-10(6-12(11)18)20-15(21)7-23-16(22)9-1-4-13-14(5-9)24-8-19-13/h1-6,8H,7H2,(H,20,21). The SMILES string of the molecule is O=C(COC(=O)c1ccc2ncoc2c1)Nc1ccc(Cl)c(Cl)c1. The predicted octanol–water partition coefficient (Wildman–Crippen LogP) is 3.93. The quantitative estimate of drug-likeness (QED) is 0.709. The van der Waals surface area contributed by atoms with E-state index < -0.39 is 18.5 Å². The molecule has 3 aromatic rings. The highest BCUT2D eigenvalue weighted by Crippen LogP contribution is 2.25. The van der Waals surface area contributed by atoms with E-state index in [1.54, 1.807) is 24.3 Å². The summed E-state index contributed by atoms with van der Waals surface area (Å²) in [7, 11) is 0. The van der Waals surface area contributed by atoms with E-state index in [1.807, 2.05) is 0 Å². The highest BCUT2D eigenvalue weighted by Gasteiger charge is 2.12. The summed E-state index contributed by atoms with van der Waals surface area (Å²) in [5, 5.41) is 3.25. The number of nitrogens with one attached hydrogen (secondary N) is 1. The molecule has 0 atom stereocenters. The number of halogens is 2. The van der Waals surface area contributed by atoms with E-state index in [-0.39, 0.29) is 5.56 Å².